The SMILES string of the molecule is C#CCN(CC1CC1)C(=O)c1ccc(CCl)cc1. The van der Waals surface area contributed by atoms with E-state index in [1.165, 1.54) is 12.8 Å². The zero-order valence-electron chi connectivity index (χ0n) is 10.2. The summed E-state index contributed by atoms with van der Waals surface area (Å²) in [4.78, 5) is 14.1. The summed E-state index contributed by atoms with van der Waals surface area (Å²) < 4.78 is 0. The second kappa shape index (κ2) is 5.93. The van der Waals surface area contributed by atoms with Gasteiger partial charge in [0.25, 0.3) is 5.91 Å². The van der Waals surface area contributed by atoms with Gasteiger partial charge in [-0.3, -0.25) is 4.79 Å². The van der Waals surface area contributed by atoms with Gasteiger partial charge in [0.1, 0.15) is 0 Å². The van der Waals surface area contributed by atoms with Gasteiger partial charge in [-0.1, -0.05) is 18.1 Å². The summed E-state index contributed by atoms with van der Waals surface area (Å²) in [6, 6.07) is 7.39. The molecule has 0 N–H and O–H groups in total. The van der Waals surface area contributed by atoms with Crippen molar-refractivity contribution in [3.05, 3.63) is 35.4 Å². The Bertz CT molecular complexity index is 456. The summed E-state index contributed by atoms with van der Waals surface area (Å²) >= 11 is 5.73. The minimum atomic E-state index is 0.0148. The van der Waals surface area contributed by atoms with Gasteiger partial charge in [-0.25, -0.2) is 0 Å². The smallest absolute Gasteiger partial charge is 0.254 e. The second-order valence-electron chi connectivity index (χ2n) is 4.66. The predicted octanol–water partition coefficient (Wildman–Crippen LogP) is 2.91. The molecule has 18 heavy (non-hydrogen) atoms. The van der Waals surface area contributed by atoms with Crippen LogP contribution in [0.5, 0.6) is 0 Å². The molecule has 0 bridgehead atoms. The molecule has 3 heteroatoms. The molecule has 1 amide bonds. The molecule has 1 aliphatic carbocycles. The second-order valence-corrected chi connectivity index (χ2v) is 4.93. The Hall–Kier alpha value is -1.46. The van der Waals surface area contributed by atoms with Crippen LogP contribution in [-0.4, -0.2) is 23.9 Å². The lowest BCUT2D eigenvalue weighted by Crippen LogP contribution is -2.33. The van der Waals surface area contributed by atoms with E-state index in [4.69, 9.17) is 18.0 Å². The van der Waals surface area contributed by atoms with E-state index in [2.05, 4.69) is 5.92 Å². The highest BCUT2D eigenvalue weighted by molar-refractivity contribution is 6.17. The molecule has 0 unspecified atom stereocenters. The van der Waals surface area contributed by atoms with Crippen LogP contribution in [0.4, 0.5) is 0 Å². The molecular weight excluding hydrogens is 246 g/mol. The maximum absolute atomic E-state index is 12.3. The highest BCUT2D eigenvalue weighted by Gasteiger charge is 2.26. The Morgan fingerprint density at radius 2 is 2.06 bits per heavy atom. The molecule has 2 rings (SSSR count). The van der Waals surface area contributed by atoms with E-state index in [9.17, 15) is 4.79 Å². The number of alkyl halides is 1. The van der Waals surface area contributed by atoms with Gasteiger partial charge in [0.05, 0.1) is 6.54 Å². The Labute approximate surface area is 113 Å². The number of carbonyl (C=O) groups is 1. The van der Waals surface area contributed by atoms with Gasteiger partial charge in [0, 0.05) is 18.0 Å². The number of terminal acetylenes is 1. The lowest BCUT2D eigenvalue weighted by molar-refractivity contribution is 0.0770. The van der Waals surface area contributed by atoms with Crippen molar-refractivity contribution in [3.63, 3.8) is 0 Å². The summed E-state index contributed by atoms with van der Waals surface area (Å²) in [6.45, 7) is 1.16. The topological polar surface area (TPSA) is 20.3 Å². The van der Waals surface area contributed by atoms with E-state index in [0.717, 1.165) is 12.1 Å². The zero-order chi connectivity index (χ0) is 13.0. The van der Waals surface area contributed by atoms with E-state index >= 15 is 0 Å². The average molecular weight is 262 g/mol. The summed E-state index contributed by atoms with van der Waals surface area (Å²) in [5, 5.41) is 0. The number of carbonyl (C=O) groups excluding carboxylic acids is 1. The van der Waals surface area contributed by atoms with Crippen molar-refractivity contribution in [2.24, 2.45) is 5.92 Å². The molecule has 0 saturated heterocycles. The fraction of sp³-hybridized carbons (Fsp3) is 0.400. The van der Waals surface area contributed by atoms with Gasteiger partial charge in [-0.05, 0) is 36.5 Å². The first-order chi connectivity index (χ1) is 8.74. The molecule has 1 fully saturated rings. The first kappa shape index (κ1) is 13.0. The van der Waals surface area contributed by atoms with Crippen LogP contribution in [0.15, 0.2) is 24.3 Å². The Balaban J connectivity index is 2.08. The van der Waals surface area contributed by atoms with Crippen molar-refractivity contribution in [1.82, 2.24) is 4.90 Å². The molecule has 2 nitrogen and oxygen atoms in total. The molecule has 1 saturated carbocycles. The Morgan fingerprint density at radius 1 is 1.39 bits per heavy atom. The van der Waals surface area contributed by atoms with Gasteiger partial charge in [-0.2, -0.15) is 0 Å². The van der Waals surface area contributed by atoms with E-state index < -0.39 is 0 Å². The van der Waals surface area contributed by atoms with Gasteiger partial charge >= 0.3 is 0 Å². The molecule has 94 valence electrons. The molecule has 0 heterocycles. The first-order valence-electron chi connectivity index (χ1n) is 6.12. The van der Waals surface area contributed by atoms with Crippen LogP contribution in [0, 0.1) is 18.3 Å². The lowest BCUT2D eigenvalue weighted by atomic mass is 10.1. The third-order valence-electron chi connectivity index (χ3n) is 3.10. The molecular formula is C15H16ClNO. The van der Waals surface area contributed by atoms with E-state index in [1.54, 1.807) is 4.90 Å². The largest absolute Gasteiger partial charge is 0.327 e. The average Bonchev–Trinajstić information content (AvgIpc) is 3.21. The van der Waals surface area contributed by atoms with E-state index in [0.29, 0.717) is 23.9 Å². The van der Waals surface area contributed by atoms with Gasteiger partial charge in [0.15, 0.2) is 0 Å². The summed E-state index contributed by atoms with van der Waals surface area (Å²) in [5.74, 6) is 3.68. The predicted molar refractivity (Wildman–Crippen MR) is 73.5 cm³/mol. The van der Waals surface area contributed by atoms with Crippen LogP contribution < -0.4 is 0 Å². The van der Waals surface area contributed by atoms with Crippen molar-refractivity contribution in [2.45, 2.75) is 18.7 Å². The number of hydrogen-bond donors (Lipinski definition) is 0. The van der Waals surface area contributed by atoms with Crippen molar-refractivity contribution >= 4 is 17.5 Å². The van der Waals surface area contributed by atoms with Crippen molar-refractivity contribution in [2.75, 3.05) is 13.1 Å². The first-order valence-corrected chi connectivity index (χ1v) is 6.65. The summed E-state index contributed by atoms with van der Waals surface area (Å²) in [5.41, 5.74) is 1.69. The van der Waals surface area contributed by atoms with Crippen LogP contribution in [0.2, 0.25) is 0 Å². The molecule has 0 spiro atoms. The fourth-order valence-electron chi connectivity index (χ4n) is 1.86. The monoisotopic (exact) mass is 261 g/mol. The standard InChI is InChI=1S/C15H16ClNO/c1-2-9-17(11-13-3-4-13)15(18)14-7-5-12(10-16)6-8-14/h1,5-8,13H,3-4,9-11H2. The Morgan fingerprint density at radius 3 is 2.56 bits per heavy atom. The molecule has 1 aromatic rings. The number of amides is 1. The number of rotatable bonds is 5. The number of halogens is 1. The maximum Gasteiger partial charge on any atom is 0.254 e. The van der Waals surface area contributed by atoms with E-state index in [1.807, 2.05) is 24.3 Å². The minimum Gasteiger partial charge on any atom is -0.327 e. The summed E-state index contributed by atoms with van der Waals surface area (Å²) in [7, 11) is 0. The molecule has 1 aromatic carbocycles. The number of benzene rings is 1. The van der Waals surface area contributed by atoms with Gasteiger partial charge < -0.3 is 4.90 Å². The van der Waals surface area contributed by atoms with Crippen LogP contribution in [0.1, 0.15) is 28.8 Å². The lowest BCUT2D eigenvalue weighted by Gasteiger charge is -2.20. The van der Waals surface area contributed by atoms with Gasteiger partial charge in [0.2, 0.25) is 0 Å². The van der Waals surface area contributed by atoms with Crippen LogP contribution in [0.25, 0.3) is 0 Å². The quantitative estimate of drug-likeness (QED) is 0.590. The molecule has 1 aliphatic rings. The fourth-order valence-corrected chi connectivity index (χ4v) is 2.04. The molecule has 0 atom stereocenters. The minimum absolute atomic E-state index is 0.0148. The van der Waals surface area contributed by atoms with Crippen LogP contribution in [-0.2, 0) is 5.88 Å². The summed E-state index contributed by atoms with van der Waals surface area (Å²) in [6.07, 6.45) is 7.74. The molecule has 0 aliphatic heterocycles. The Kier molecular flexibility index (Phi) is 4.28. The molecule has 0 radical (unpaired) electrons. The zero-order valence-corrected chi connectivity index (χ0v) is 11.0. The van der Waals surface area contributed by atoms with E-state index in [-0.39, 0.29) is 5.91 Å². The van der Waals surface area contributed by atoms with Crippen molar-refractivity contribution in [3.8, 4) is 12.3 Å². The van der Waals surface area contributed by atoms with Crippen LogP contribution >= 0.6 is 11.6 Å². The van der Waals surface area contributed by atoms with Crippen molar-refractivity contribution < 1.29 is 4.79 Å². The number of hydrogen-bond acceptors (Lipinski definition) is 1. The molecule has 0 aromatic heterocycles. The van der Waals surface area contributed by atoms with Gasteiger partial charge in [-0.15, -0.1) is 18.0 Å². The maximum atomic E-state index is 12.3. The number of nitrogens with zero attached hydrogens (tertiary/aromatic N) is 1. The third-order valence-corrected chi connectivity index (χ3v) is 3.41. The van der Waals surface area contributed by atoms with Crippen LogP contribution in [0.3, 0.4) is 0 Å². The van der Waals surface area contributed by atoms with Crippen molar-refractivity contribution in [1.29, 1.82) is 0 Å². The third kappa shape index (κ3) is 3.27. The highest BCUT2D eigenvalue weighted by atomic mass is 35.5. The highest BCUT2D eigenvalue weighted by Crippen LogP contribution is 2.30. The normalized spacial score (nSPS) is 14.0.